The highest BCUT2D eigenvalue weighted by Gasteiger charge is 2.03. The SMILES string of the molecule is CCCCCCCCC(=O)OCCOCCOCCOCCOCCOCCOCCOC(=O)CCCCCC. The van der Waals surface area contributed by atoms with Crippen molar-refractivity contribution in [3.63, 3.8) is 0 Å². The van der Waals surface area contributed by atoms with Crippen LogP contribution in [0.5, 0.6) is 0 Å². The van der Waals surface area contributed by atoms with Crippen LogP contribution < -0.4 is 0 Å². The molecular weight excluding hydrogens is 520 g/mol. The van der Waals surface area contributed by atoms with Crippen molar-refractivity contribution >= 4 is 11.9 Å². The lowest BCUT2D eigenvalue weighted by molar-refractivity contribution is -0.146. The van der Waals surface area contributed by atoms with Crippen molar-refractivity contribution in [2.45, 2.75) is 90.9 Å². The van der Waals surface area contributed by atoms with E-state index in [-0.39, 0.29) is 25.2 Å². The number of carbonyl (C=O) groups is 2. The molecule has 238 valence electrons. The first-order chi connectivity index (χ1) is 19.7. The van der Waals surface area contributed by atoms with Crippen LogP contribution in [-0.2, 0) is 47.5 Å². The molecule has 0 bridgehead atoms. The third-order valence-corrected chi connectivity index (χ3v) is 5.81. The van der Waals surface area contributed by atoms with Crippen LogP contribution in [0.4, 0.5) is 0 Å². The Kier molecular flexibility index (Phi) is 32.8. The predicted molar refractivity (Wildman–Crippen MR) is 154 cm³/mol. The maximum Gasteiger partial charge on any atom is 0.305 e. The minimum atomic E-state index is -0.152. The monoisotopic (exact) mass is 578 g/mol. The summed E-state index contributed by atoms with van der Waals surface area (Å²) in [4.78, 5) is 23.2. The van der Waals surface area contributed by atoms with Crippen molar-refractivity contribution in [3.05, 3.63) is 0 Å². The minimum absolute atomic E-state index is 0.144. The Bertz CT molecular complexity index is 533. The molecule has 10 heteroatoms. The van der Waals surface area contributed by atoms with Crippen LogP contribution in [0.25, 0.3) is 0 Å². The molecule has 0 fully saturated rings. The van der Waals surface area contributed by atoms with E-state index in [0.29, 0.717) is 92.1 Å². The molecule has 0 unspecified atom stereocenters. The largest absolute Gasteiger partial charge is 0.463 e. The number of hydrogen-bond acceptors (Lipinski definition) is 10. The normalized spacial score (nSPS) is 11.2. The van der Waals surface area contributed by atoms with E-state index in [9.17, 15) is 9.59 Å². The third-order valence-electron chi connectivity index (χ3n) is 5.81. The molecule has 0 aromatic carbocycles. The molecule has 0 saturated heterocycles. The number of ether oxygens (including phenoxy) is 8. The summed E-state index contributed by atoms with van der Waals surface area (Å²) in [6, 6.07) is 0. The average molecular weight is 579 g/mol. The van der Waals surface area contributed by atoms with Crippen LogP contribution in [0.1, 0.15) is 90.9 Å². The molecule has 10 nitrogen and oxygen atoms in total. The Labute approximate surface area is 243 Å². The van der Waals surface area contributed by atoms with Gasteiger partial charge in [-0.25, -0.2) is 0 Å². The summed E-state index contributed by atoms with van der Waals surface area (Å²) in [7, 11) is 0. The van der Waals surface area contributed by atoms with Crippen molar-refractivity contribution < 1.29 is 47.5 Å². The molecule has 0 atom stereocenters. The lowest BCUT2D eigenvalue weighted by atomic mass is 10.1. The molecule has 0 aliphatic carbocycles. The molecule has 0 N–H and O–H groups in total. The predicted octanol–water partition coefficient (Wildman–Crippen LogP) is 4.89. The summed E-state index contributed by atoms with van der Waals surface area (Å²) < 4.78 is 42.8. The second-order valence-corrected chi connectivity index (χ2v) is 9.44. The summed E-state index contributed by atoms with van der Waals surface area (Å²) in [5.74, 6) is -0.296. The van der Waals surface area contributed by atoms with Gasteiger partial charge >= 0.3 is 11.9 Å². The molecule has 0 spiro atoms. The van der Waals surface area contributed by atoms with E-state index in [1.807, 2.05) is 0 Å². The Morgan fingerprint density at radius 2 is 0.600 bits per heavy atom. The van der Waals surface area contributed by atoms with E-state index in [2.05, 4.69) is 13.8 Å². The van der Waals surface area contributed by atoms with Crippen LogP contribution in [0.15, 0.2) is 0 Å². The van der Waals surface area contributed by atoms with Crippen LogP contribution in [0.2, 0.25) is 0 Å². The van der Waals surface area contributed by atoms with Gasteiger partial charge in [-0.05, 0) is 12.8 Å². The lowest BCUT2D eigenvalue weighted by Gasteiger charge is -2.09. The van der Waals surface area contributed by atoms with Crippen molar-refractivity contribution in [3.8, 4) is 0 Å². The molecule has 0 rings (SSSR count). The number of esters is 2. The van der Waals surface area contributed by atoms with Crippen molar-refractivity contribution in [2.24, 2.45) is 0 Å². The van der Waals surface area contributed by atoms with E-state index < -0.39 is 0 Å². The van der Waals surface area contributed by atoms with Crippen LogP contribution in [-0.4, -0.2) is 104 Å². The molecule has 40 heavy (non-hydrogen) atoms. The van der Waals surface area contributed by atoms with Gasteiger partial charge in [0.25, 0.3) is 0 Å². The maximum absolute atomic E-state index is 11.6. The molecule has 0 heterocycles. The van der Waals surface area contributed by atoms with E-state index in [1.165, 1.54) is 25.7 Å². The van der Waals surface area contributed by atoms with E-state index in [0.717, 1.165) is 38.5 Å². The molecule has 0 aromatic rings. The molecule has 0 amide bonds. The molecule has 0 aliphatic heterocycles. The van der Waals surface area contributed by atoms with Gasteiger partial charge in [0.1, 0.15) is 13.2 Å². The van der Waals surface area contributed by atoms with Crippen LogP contribution in [0, 0.1) is 0 Å². The van der Waals surface area contributed by atoms with Gasteiger partial charge < -0.3 is 37.9 Å². The average Bonchev–Trinajstić information content (AvgIpc) is 2.95. The zero-order valence-electron chi connectivity index (χ0n) is 25.5. The highest BCUT2D eigenvalue weighted by molar-refractivity contribution is 5.69. The second kappa shape index (κ2) is 33.9. The van der Waals surface area contributed by atoms with Gasteiger partial charge in [0.15, 0.2) is 0 Å². The first-order valence-electron chi connectivity index (χ1n) is 15.5. The van der Waals surface area contributed by atoms with Gasteiger partial charge in [-0.2, -0.15) is 0 Å². The summed E-state index contributed by atoms with van der Waals surface area (Å²) in [5, 5.41) is 0. The van der Waals surface area contributed by atoms with Gasteiger partial charge in [-0.1, -0.05) is 65.2 Å². The Balaban J connectivity index is 3.14. The van der Waals surface area contributed by atoms with E-state index >= 15 is 0 Å². The van der Waals surface area contributed by atoms with Crippen molar-refractivity contribution in [1.82, 2.24) is 0 Å². The highest BCUT2D eigenvalue weighted by atomic mass is 16.6. The molecular formula is C30H58O10. The van der Waals surface area contributed by atoms with Crippen molar-refractivity contribution in [1.29, 1.82) is 0 Å². The van der Waals surface area contributed by atoms with E-state index in [4.69, 9.17) is 37.9 Å². The quantitative estimate of drug-likeness (QED) is 0.0789. The third kappa shape index (κ3) is 32.9. The first-order valence-corrected chi connectivity index (χ1v) is 15.5. The van der Waals surface area contributed by atoms with E-state index in [1.54, 1.807) is 0 Å². The summed E-state index contributed by atoms with van der Waals surface area (Å²) >= 11 is 0. The number of unbranched alkanes of at least 4 members (excludes halogenated alkanes) is 8. The summed E-state index contributed by atoms with van der Waals surface area (Å²) in [6.07, 6.45) is 12.2. The Morgan fingerprint density at radius 1 is 0.350 bits per heavy atom. The standard InChI is InChI=1S/C30H58O10/c1-3-5-7-9-10-12-14-30(32)40-28-26-38-24-22-36-20-18-34-16-15-33-17-19-35-21-23-37-25-27-39-29(31)13-11-8-6-4-2/h3-28H2,1-2H3. The van der Waals surface area contributed by atoms with Crippen molar-refractivity contribution in [2.75, 3.05) is 92.5 Å². The number of hydrogen-bond donors (Lipinski definition) is 0. The smallest absolute Gasteiger partial charge is 0.305 e. The maximum atomic E-state index is 11.6. The second-order valence-electron chi connectivity index (χ2n) is 9.44. The van der Waals surface area contributed by atoms with Crippen LogP contribution >= 0.6 is 0 Å². The summed E-state index contributed by atoms with van der Waals surface area (Å²) in [6.45, 7) is 10.4. The molecule has 0 aromatic heterocycles. The van der Waals surface area contributed by atoms with Gasteiger partial charge in [0.2, 0.25) is 0 Å². The topological polar surface area (TPSA) is 108 Å². The fourth-order valence-electron chi connectivity index (χ4n) is 3.52. The van der Waals surface area contributed by atoms with Gasteiger partial charge in [0, 0.05) is 12.8 Å². The Morgan fingerprint density at radius 3 is 0.925 bits per heavy atom. The van der Waals surface area contributed by atoms with Gasteiger partial charge in [-0.3, -0.25) is 9.59 Å². The summed E-state index contributed by atoms with van der Waals surface area (Å²) in [5.41, 5.74) is 0. The zero-order valence-corrected chi connectivity index (χ0v) is 25.5. The number of carbonyl (C=O) groups excluding carboxylic acids is 2. The lowest BCUT2D eigenvalue weighted by Crippen LogP contribution is -2.15. The van der Waals surface area contributed by atoms with Gasteiger partial charge in [-0.15, -0.1) is 0 Å². The highest BCUT2D eigenvalue weighted by Crippen LogP contribution is 2.07. The fraction of sp³-hybridized carbons (Fsp3) is 0.933. The zero-order chi connectivity index (χ0) is 29.2. The fourth-order valence-corrected chi connectivity index (χ4v) is 3.52. The molecule has 0 saturated carbocycles. The van der Waals surface area contributed by atoms with Gasteiger partial charge in [0.05, 0.1) is 79.3 Å². The Hall–Kier alpha value is -1.30. The number of rotatable bonds is 33. The molecule has 0 radical (unpaired) electrons. The van der Waals surface area contributed by atoms with Crippen LogP contribution in [0.3, 0.4) is 0 Å². The molecule has 0 aliphatic rings. The minimum Gasteiger partial charge on any atom is -0.463 e. The first kappa shape index (κ1) is 38.7.